The van der Waals surface area contributed by atoms with Crippen LogP contribution in [0.15, 0.2) is 53.4 Å². The Morgan fingerprint density at radius 1 is 1.12 bits per heavy atom. The van der Waals surface area contributed by atoms with Gasteiger partial charge in [-0.05, 0) is 36.8 Å². The second-order valence-electron chi connectivity index (χ2n) is 5.87. The molecule has 2 unspecified atom stereocenters. The number of carbonyl (C=O) groups is 1. The molecule has 0 aliphatic carbocycles. The first kappa shape index (κ1) is 16.7. The Balaban J connectivity index is 1.53. The van der Waals surface area contributed by atoms with Crippen molar-refractivity contribution in [3.63, 3.8) is 0 Å². The van der Waals surface area contributed by atoms with Gasteiger partial charge in [0.15, 0.2) is 11.5 Å². The Morgan fingerprint density at radius 3 is 2.67 bits per heavy atom. The van der Waals surface area contributed by atoms with Gasteiger partial charge in [0.05, 0.1) is 6.04 Å². The second kappa shape index (κ2) is 7.62. The first-order valence-electron chi connectivity index (χ1n) is 8.01. The second-order valence-corrected chi connectivity index (χ2v) is 6.96. The third-order valence-electron chi connectivity index (χ3n) is 3.95. The molecule has 0 saturated carbocycles. The average Bonchev–Trinajstić information content (AvgIpc) is 3.08. The van der Waals surface area contributed by atoms with Gasteiger partial charge in [-0.2, -0.15) is 0 Å². The smallest absolute Gasteiger partial charge is 0.231 e. The third-order valence-corrected chi connectivity index (χ3v) is 5.22. The zero-order chi connectivity index (χ0) is 16.9. The van der Waals surface area contributed by atoms with Crippen LogP contribution in [0.25, 0.3) is 0 Å². The number of benzene rings is 2. The van der Waals surface area contributed by atoms with Crippen LogP contribution in [0.2, 0.25) is 0 Å². The fraction of sp³-hybridized carbons (Fsp3) is 0.316. The maximum atomic E-state index is 12.4. The maximum absolute atomic E-state index is 12.4. The Bertz CT molecular complexity index is 705. The summed E-state index contributed by atoms with van der Waals surface area (Å²) in [5.74, 6) is 2.24. The molecule has 4 nitrogen and oxygen atoms in total. The lowest BCUT2D eigenvalue weighted by molar-refractivity contribution is -0.124. The molecule has 0 spiro atoms. The van der Waals surface area contributed by atoms with Gasteiger partial charge >= 0.3 is 0 Å². The van der Waals surface area contributed by atoms with Crippen LogP contribution in [-0.2, 0) is 4.79 Å². The van der Waals surface area contributed by atoms with Crippen molar-refractivity contribution < 1.29 is 14.3 Å². The van der Waals surface area contributed by atoms with Crippen LogP contribution in [0.1, 0.15) is 25.5 Å². The Morgan fingerprint density at radius 2 is 1.88 bits per heavy atom. The van der Waals surface area contributed by atoms with Crippen LogP contribution in [-0.4, -0.2) is 18.5 Å². The van der Waals surface area contributed by atoms with Crippen LogP contribution in [0.3, 0.4) is 0 Å². The molecule has 0 saturated heterocycles. The number of hydrogen-bond donors (Lipinski definition) is 1. The fourth-order valence-corrected chi connectivity index (χ4v) is 3.38. The van der Waals surface area contributed by atoms with Gasteiger partial charge in [0, 0.05) is 16.6 Å². The molecule has 3 rings (SSSR count). The molecule has 1 aliphatic rings. The molecule has 5 heteroatoms. The van der Waals surface area contributed by atoms with Crippen LogP contribution in [0.4, 0.5) is 0 Å². The van der Waals surface area contributed by atoms with Gasteiger partial charge < -0.3 is 14.8 Å². The Kier molecular flexibility index (Phi) is 5.30. The maximum Gasteiger partial charge on any atom is 0.231 e. The summed E-state index contributed by atoms with van der Waals surface area (Å²) in [6.07, 6.45) is 0. The van der Waals surface area contributed by atoms with Crippen molar-refractivity contribution in [3.8, 4) is 11.5 Å². The van der Waals surface area contributed by atoms with E-state index in [1.54, 1.807) is 11.8 Å². The Labute approximate surface area is 146 Å². The predicted molar refractivity (Wildman–Crippen MR) is 95.5 cm³/mol. The standard InChI is InChI=1S/C19H21NO3S/c1-13(11-24-16-6-4-3-5-7-16)19(21)20-14(2)15-8-9-17-18(10-15)23-12-22-17/h3-10,13-14H,11-12H2,1-2H3,(H,20,21). The number of carbonyl (C=O) groups excluding carboxylic acids is 1. The summed E-state index contributed by atoms with van der Waals surface area (Å²) in [5.41, 5.74) is 1.01. The van der Waals surface area contributed by atoms with Gasteiger partial charge in [0.25, 0.3) is 0 Å². The Hall–Kier alpha value is -2.14. The lowest BCUT2D eigenvalue weighted by Crippen LogP contribution is -2.32. The number of rotatable bonds is 6. The summed E-state index contributed by atoms with van der Waals surface area (Å²) < 4.78 is 10.7. The van der Waals surface area contributed by atoms with E-state index in [0.29, 0.717) is 0 Å². The molecule has 2 atom stereocenters. The monoisotopic (exact) mass is 343 g/mol. The van der Waals surface area contributed by atoms with Crippen molar-refractivity contribution in [1.82, 2.24) is 5.32 Å². The van der Waals surface area contributed by atoms with Gasteiger partial charge in [-0.25, -0.2) is 0 Å². The number of hydrogen-bond acceptors (Lipinski definition) is 4. The number of fused-ring (bicyclic) bond motifs is 1. The van der Waals surface area contributed by atoms with E-state index in [0.717, 1.165) is 22.8 Å². The largest absolute Gasteiger partial charge is 0.454 e. The highest BCUT2D eigenvalue weighted by Gasteiger charge is 2.19. The fourth-order valence-electron chi connectivity index (χ4n) is 2.44. The van der Waals surface area contributed by atoms with E-state index >= 15 is 0 Å². The van der Waals surface area contributed by atoms with Gasteiger partial charge in [0.2, 0.25) is 12.7 Å². The minimum Gasteiger partial charge on any atom is -0.454 e. The molecule has 0 radical (unpaired) electrons. The van der Waals surface area contributed by atoms with Gasteiger partial charge in [-0.3, -0.25) is 4.79 Å². The lowest BCUT2D eigenvalue weighted by Gasteiger charge is -2.18. The predicted octanol–water partition coefficient (Wildman–Crippen LogP) is 4.02. The molecule has 1 N–H and O–H groups in total. The highest BCUT2D eigenvalue weighted by molar-refractivity contribution is 7.99. The van der Waals surface area contributed by atoms with E-state index < -0.39 is 0 Å². The van der Waals surface area contributed by atoms with E-state index in [4.69, 9.17) is 9.47 Å². The topological polar surface area (TPSA) is 47.6 Å². The summed E-state index contributed by atoms with van der Waals surface area (Å²) in [6.45, 7) is 4.19. The first-order valence-corrected chi connectivity index (χ1v) is 9.00. The number of thioether (sulfide) groups is 1. The molecule has 2 aromatic rings. The van der Waals surface area contributed by atoms with E-state index in [-0.39, 0.29) is 24.7 Å². The summed E-state index contributed by atoms with van der Waals surface area (Å²) in [6, 6.07) is 15.8. The molecule has 0 bridgehead atoms. The van der Waals surface area contributed by atoms with Gasteiger partial charge in [0.1, 0.15) is 0 Å². The van der Waals surface area contributed by atoms with Crippen molar-refractivity contribution in [1.29, 1.82) is 0 Å². The molecular weight excluding hydrogens is 322 g/mol. The van der Waals surface area contributed by atoms with E-state index in [1.807, 2.05) is 50.2 Å². The number of amides is 1. The van der Waals surface area contributed by atoms with Gasteiger partial charge in [-0.15, -0.1) is 11.8 Å². The quantitative estimate of drug-likeness (QED) is 0.805. The minimum absolute atomic E-state index is 0.0589. The highest BCUT2D eigenvalue weighted by Crippen LogP contribution is 2.34. The molecular formula is C19H21NO3S. The summed E-state index contributed by atoms with van der Waals surface area (Å²) >= 11 is 1.70. The normalized spacial score (nSPS) is 14.9. The van der Waals surface area contributed by atoms with E-state index in [2.05, 4.69) is 17.4 Å². The molecule has 0 aromatic heterocycles. The first-order chi connectivity index (χ1) is 11.6. The zero-order valence-corrected chi connectivity index (χ0v) is 14.6. The molecule has 126 valence electrons. The molecule has 1 aliphatic heterocycles. The summed E-state index contributed by atoms with van der Waals surface area (Å²) in [7, 11) is 0. The molecule has 1 amide bonds. The summed E-state index contributed by atoms with van der Waals surface area (Å²) in [4.78, 5) is 13.6. The molecule has 1 heterocycles. The van der Waals surface area contributed by atoms with Crippen LogP contribution >= 0.6 is 11.8 Å². The van der Waals surface area contributed by atoms with E-state index in [1.165, 1.54) is 4.90 Å². The number of nitrogens with one attached hydrogen (secondary N) is 1. The van der Waals surface area contributed by atoms with Crippen LogP contribution in [0, 0.1) is 5.92 Å². The van der Waals surface area contributed by atoms with Crippen molar-refractivity contribution in [2.75, 3.05) is 12.5 Å². The SMILES string of the molecule is CC(CSc1ccccc1)C(=O)NC(C)c1ccc2c(c1)OCO2. The number of ether oxygens (including phenoxy) is 2. The van der Waals surface area contributed by atoms with Crippen molar-refractivity contribution in [3.05, 3.63) is 54.1 Å². The molecule has 0 fully saturated rings. The van der Waals surface area contributed by atoms with Crippen molar-refractivity contribution in [2.45, 2.75) is 24.8 Å². The lowest BCUT2D eigenvalue weighted by atomic mass is 10.1. The average molecular weight is 343 g/mol. The zero-order valence-electron chi connectivity index (χ0n) is 13.8. The van der Waals surface area contributed by atoms with Crippen LogP contribution < -0.4 is 14.8 Å². The van der Waals surface area contributed by atoms with Crippen molar-refractivity contribution in [2.24, 2.45) is 5.92 Å². The van der Waals surface area contributed by atoms with E-state index in [9.17, 15) is 4.79 Å². The summed E-state index contributed by atoms with van der Waals surface area (Å²) in [5, 5.41) is 3.07. The third kappa shape index (κ3) is 4.03. The van der Waals surface area contributed by atoms with Crippen LogP contribution in [0.5, 0.6) is 11.5 Å². The van der Waals surface area contributed by atoms with Gasteiger partial charge in [-0.1, -0.05) is 31.2 Å². The minimum atomic E-state index is -0.0730. The highest BCUT2D eigenvalue weighted by atomic mass is 32.2. The molecule has 2 aromatic carbocycles. The van der Waals surface area contributed by atoms with Crippen molar-refractivity contribution >= 4 is 17.7 Å². The molecule has 24 heavy (non-hydrogen) atoms.